The first-order chi connectivity index (χ1) is 6.63. The van der Waals surface area contributed by atoms with Crippen molar-refractivity contribution >= 4 is 22.4 Å². The van der Waals surface area contributed by atoms with Crippen molar-refractivity contribution < 1.29 is 4.79 Å². The smallest absolute Gasteiger partial charge is 0.240 e. The van der Waals surface area contributed by atoms with Gasteiger partial charge in [0.25, 0.3) is 0 Å². The molecule has 0 saturated heterocycles. The van der Waals surface area contributed by atoms with Crippen LogP contribution in [0.1, 0.15) is 31.2 Å². The molecule has 0 aliphatic heterocycles. The normalized spacial score (nSPS) is 9.86. The number of hydrogen-bond acceptors (Lipinski definition) is 5. The number of rotatable bonds is 3. The third-order valence-corrected chi connectivity index (χ3v) is 2.56. The lowest BCUT2D eigenvalue weighted by Crippen LogP contribution is -2.09. The van der Waals surface area contributed by atoms with Crippen molar-refractivity contribution in [3.8, 4) is 6.07 Å². The van der Waals surface area contributed by atoms with Gasteiger partial charge >= 0.3 is 0 Å². The number of hydrogen-bond donors (Lipinski definition) is 1. The first-order valence-corrected chi connectivity index (χ1v) is 4.95. The monoisotopic (exact) mass is 210 g/mol. The highest BCUT2D eigenvalue weighted by Gasteiger charge is 2.09. The fraction of sp³-hybridized carbons (Fsp3) is 0.500. The average molecular weight is 210 g/mol. The van der Waals surface area contributed by atoms with Crippen molar-refractivity contribution in [2.24, 2.45) is 0 Å². The van der Waals surface area contributed by atoms with Crippen LogP contribution in [0.3, 0.4) is 0 Å². The number of carbonyl (C=O) groups is 1. The summed E-state index contributed by atoms with van der Waals surface area (Å²) in [5, 5.41) is 19.8. The van der Waals surface area contributed by atoms with Gasteiger partial charge in [-0.1, -0.05) is 25.2 Å². The topological polar surface area (TPSA) is 78.7 Å². The minimum atomic E-state index is -0.348. The molecular weight excluding hydrogens is 200 g/mol. The van der Waals surface area contributed by atoms with Gasteiger partial charge < -0.3 is 0 Å². The summed E-state index contributed by atoms with van der Waals surface area (Å²) in [6.07, 6.45) is -0.156. The number of nitrogens with zero attached hydrogens (tertiary/aromatic N) is 3. The molecule has 14 heavy (non-hydrogen) atoms. The van der Waals surface area contributed by atoms with E-state index >= 15 is 0 Å². The van der Waals surface area contributed by atoms with Crippen LogP contribution in [0.5, 0.6) is 0 Å². The van der Waals surface area contributed by atoms with Crippen LogP contribution in [0, 0.1) is 11.3 Å². The molecule has 5 nitrogen and oxygen atoms in total. The van der Waals surface area contributed by atoms with Crippen molar-refractivity contribution in [3.63, 3.8) is 0 Å². The van der Waals surface area contributed by atoms with E-state index in [9.17, 15) is 4.79 Å². The Morgan fingerprint density at radius 1 is 1.64 bits per heavy atom. The molecule has 1 amide bonds. The molecular formula is C8H10N4OS. The van der Waals surface area contributed by atoms with E-state index in [1.165, 1.54) is 11.3 Å². The van der Waals surface area contributed by atoms with Crippen LogP contribution in [0.25, 0.3) is 0 Å². The Morgan fingerprint density at radius 3 is 2.86 bits per heavy atom. The van der Waals surface area contributed by atoms with E-state index in [-0.39, 0.29) is 12.3 Å². The predicted octanol–water partition coefficient (Wildman–Crippen LogP) is 1.51. The van der Waals surface area contributed by atoms with E-state index in [0.29, 0.717) is 11.0 Å². The van der Waals surface area contributed by atoms with E-state index in [1.807, 2.05) is 13.8 Å². The molecule has 1 N–H and O–H groups in total. The molecule has 74 valence electrons. The van der Waals surface area contributed by atoms with Crippen molar-refractivity contribution in [2.45, 2.75) is 26.2 Å². The average Bonchev–Trinajstić information content (AvgIpc) is 2.53. The van der Waals surface area contributed by atoms with E-state index in [1.54, 1.807) is 6.07 Å². The lowest BCUT2D eigenvalue weighted by molar-refractivity contribution is -0.115. The Morgan fingerprint density at radius 2 is 2.36 bits per heavy atom. The van der Waals surface area contributed by atoms with Crippen LogP contribution in [0.4, 0.5) is 5.13 Å². The lowest BCUT2D eigenvalue weighted by atomic mass is 10.2. The summed E-state index contributed by atoms with van der Waals surface area (Å²) in [6, 6.07) is 1.76. The Balaban J connectivity index is 2.61. The molecule has 0 fully saturated rings. The second-order valence-corrected chi connectivity index (χ2v) is 3.99. The lowest BCUT2D eigenvalue weighted by Gasteiger charge is -1.95. The third-order valence-electron chi connectivity index (χ3n) is 1.42. The Bertz CT molecular complexity index is 366. The predicted molar refractivity (Wildman–Crippen MR) is 52.9 cm³/mol. The Labute approximate surface area is 85.8 Å². The first-order valence-electron chi connectivity index (χ1n) is 4.13. The zero-order valence-electron chi connectivity index (χ0n) is 7.94. The van der Waals surface area contributed by atoms with Crippen LogP contribution in [0.2, 0.25) is 0 Å². The third kappa shape index (κ3) is 2.78. The molecule has 1 rings (SSSR count). The van der Waals surface area contributed by atoms with Gasteiger partial charge in [0.15, 0.2) is 0 Å². The molecule has 1 aromatic heterocycles. The maximum Gasteiger partial charge on any atom is 0.240 e. The minimum Gasteiger partial charge on any atom is -0.300 e. The molecule has 1 heterocycles. The summed E-state index contributed by atoms with van der Waals surface area (Å²) in [5.41, 5.74) is 0. The number of anilines is 1. The van der Waals surface area contributed by atoms with Gasteiger partial charge in [-0.15, -0.1) is 10.2 Å². The number of nitriles is 1. The molecule has 0 unspecified atom stereocenters. The van der Waals surface area contributed by atoms with E-state index < -0.39 is 0 Å². The molecule has 0 atom stereocenters. The molecule has 0 aliphatic rings. The van der Waals surface area contributed by atoms with Gasteiger partial charge in [0.05, 0.1) is 6.07 Å². The number of carbonyl (C=O) groups excluding carboxylic acids is 1. The zero-order valence-corrected chi connectivity index (χ0v) is 8.76. The van der Waals surface area contributed by atoms with Crippen molar-refractivity contribution in [2.75, 3.05) is 5.32 Å². The van der Waals surface area contributed by atoms with E-state index in [4.69, 9.17) is 5.26 Å². The Kier molecular flexibility index (Phi) is 3.54. The fourth-order valence-electron chi connectivity index (χ4n) is 0.754. The van der Waals surface area contributed by atoms with Crippen LogP contribution >= 0.6 is 11.3 Å². The van der Waals surface area contributed by atoms with Crippen LogP contribution in [0.15, 0.2) is 0 Å². The van der Waals surface area contributed by atoms with E-state index in [0.717, 1.165) is 5.01 Å². The molecule has 0 aliphatic carbocycles. The highest BCUT2D eigenvalue weighted by Crippen LogP contribution is 2.22. The zero-order chi connectivity index (χ0) is 10.6. The summed E-state index contributed by atoms with van der Waals surface area (Å²) in [4.78, 5) is 11.0. The standard InChI is InChI=1S/C8H10N4OS/c1-5(2)7-11-12-8(14-7)10-6(13)3-4-9/h5H,3H2,1-2H3,(H,10,12,13). The van der Waals surface area contributed by atoms with Gasteiger partial charge in [-0.25, -0.2) is 0 Å². The van der Waals surface area contributed by atoms with Gasteiger partial charge in [0.2, 0.25) is 11.0 Å². The van der Waals surface area contributed by atoms with Gasteiger partial charge in [0, 0.05) is 5.92 Å². The number of aromatic nitrogens is 2. The first kappa shape index (κ1) is 10.6. The van der Waals surface area contributed by atoms with Crippen LogP contribution in [-0.4, -0.2) is 16.1 Å². The minimum absolute atomic E-state index is 0.156. The quantitative estimate of drug-likeness (QED) is 0.820. The second kappa shape index (κ2) is 4.67. The molecule has 0 aromatic carbocycles. The highest BCUT2D eigenvalue weighted by atomic mass is 32.1. The SMILES string of the molecule is CC(C)c1nnc(NC(=O)CC#N)s1. The summed E-state index contributed by atoms with van der Waals surface area (Å²) in [6.45, 7) is 4.00. The number of amides is 1. The van der Waals surface area contributed by atoms with Crippen LogP contribution < -0.4 is 5.32 Å². The second-order valence-electron chi connectivity index (χ2n) is 2.98. The van der Waals surface area contributed by atoms with Crippen molar-refractivity contribution in [1.82, 2.24) is 10.2 Å². The molecule has 0 radical (unpaired) electrons. The number of nitrogens with one attached hydrogen (secondary N) is 1. The van der Waals surface area contributed by atoms with Gasteiger partial charge in [0.1, 0.15) is 11.4 Å². The molecule has 0 spiro atoms. The maximum absolute atomic E-state index is 11.0. The van der Waals surface area contributed by atoms with Gasteiger partial charge in [-0.2, -0.15) is 5.26 Å². The molecule has 6 heteroatoms. The Hall–Kier alpha value is -1.48. The van der Waals surface area contributed by atoms with Crippen molar-refractivity contribution in [1.29, 1.82) is 5.26 Å². The largest absolute Gasteiger partial charge is 0.300 e. The summed E-state index contributed by atoms with van der Waals surface area (Å²) < 4.78 is 0. The van der Waals surface area contributed by atoms with Gasteiger partial charge in [-0.05, 0) is 0 Å². The molecule has 0 saturated carbocycles. The van der Waals surface area contributed by atoms with Crippen molar-refractivity contribution in [3.05, 3.63) is 5.01 Å². The summed E-state index contributed by atoms with van der Waals surface area (Å²) >= 11 is 1.33. The highest BCUT2D eigenvalue weighted by molar-refractivity contribution is 7.15. The summed E-state index contributed by atoms with van der Waals surface area (Å²) in [7, 11) is 0. The maximum atomic E-state index is 11.0. The fourth-order valence-corrected chi connectivity index (χ4v) is 1.52. The van der Waals surface area contributed by atoms with Gasteiger partial charge in [-0.3, -0.25) is 10.1 Å². The summed E-state index contributed by atoms with van der Waals surface area (Å²) in [5.74, 6) is -0.0481. The van der Waals surface area contributed by atoms with E-state index in [2.05, 4.69) is 15.5 Å². The molecule has 0 bridgehead atoms. The molecule has 1 aromatic rings. The van der Waals surface area contributed by atoms with Crippen LogP contribution in [-0.2, 0) is 4.79 Å².